The molecule has 13 atom stereocenters. The van der Waals surface area contributed by atoms with Crippen LogP contribution in [0.2, 0.25) is 0 Å². The molecule has 5 aliphatic rings. The van der Waals surface area contributed by atoms with Gasteiger partial charge in [0.1, 0.15) is 23.9 Å². The third-order valence-corrected chi connectivity index (χ3v) is 11.5. The highest BCUT2D eigenvalue weighted by Crippen LogP contribution is 2.48. The zero-order valence-electron chi connectivity index (χ0n) is 32.8. The monoisotopic (exact) mass is 772 g/mol. The van der Waals surface area contributed by atoms with E-state index in [9.17, 15) is 0 Å². The molecular formula is C45H56O11. The molecule has 3 aromatic carbocycles. The van der Waals surface area contributed by atoms with Crippen molar-refractivity contribution in [3.8, 4) is 0 Å². The fourth-order valence-electron chi connectivity index (χ4n) is 8.70. The minimum Gasteiger partial charge on any atom is -0.374 e. The van der Waals surface area contributed by atoms with Gasteiger partial charge in [0, 0.05) is 17.4 Å². The van der Waals surface area contributed by atoms with Crippen LogP contribution in [0.1, 0.15) is 57.1 Å². The van der Waals surface area contributed by atoms with Gasteiger partial charge in [-0.2, -0.15) is 0 Å². The second kappa shape index (κ2) is 17.4. The summed E-state index contributed by atoms with van der Waals surface area (Å²) in [5.74, 6) is -0.306. The van der Waals surface area contributed by atoms with E-state index in [1.54, 1.807) is 6.08 Å². The first-order valence-electron chi connectivity index (χ1n) is 20.0. The lowest BCUT2D eigenvalue weighted by Crippen LogP contribution is -2.59. The van der Waals surface area contributed by atoms with Gasteiger partial charge in [0.2, 0.25) is 0 Å². The molecule has 0 aliphatic carbocycles. The van der Waals surface area contributed by atoms with Gasteiger partial charge in [-0.05, 0) is 38.3 Å². The fourth-order valence-corrected chi connectivity index (χ4v) is 8.70. The Bertz CT molecular complexity index is 1690. The Kier molecular flexibility index (Phi) is 12.4. The summed E-state index contributed by atoms with van der Waals surface area (Å²) in [5.41, 5.74) is 1.78. The van der Waals surface area contributed by atoms with E-state index in [1.807, 2.05) is 97.9 Å². The third-order valence-electron chi connectivity index (χ3n) is 11.5. The molecule has 302 valence electrons. The van der Waals surface area contributed by atoms with E-state index in [1.165, 1.54) is 0 Å². The lowest BCUT2D eigenvalue weighted by Gasteiger charge is -2.46. The first-order chi connectivity index (χ1) is 27.2. The number of hydrogen-bond donors (Lipinski definition) is 0. The quantitative estimate of drug-likeness (QED) is 0.151. The molecule has 0 saturated carbocycles. The molecule has 56 heavy (non-hydrogen) atoms. The largest absolute Gasteiger partial charge is 0.374 e. The van der Waals surface area contributed by atoms with E-state index in [4.69, 9.17) is 52.1 Å². The van der Waals surface area contributed by atoms with E-state index in [0.29, 0.717) is 19.8 Å². The van der Waals surface area contributed by atoms with Crippen LogP contribution in [0.25, 0.3) is 0 Å². The zero-order chi connectivity index (χ0) is 38.7. The van der Waals surface area contributed by atoms with Crippen LogP contribution < -0.4 is 0 Å². The highest BCUT2D eigenvalue weighted by molar-refractivity contribution is 5.19. The molecule has 0 spiro atoms. The molecular weight excluding hydrogens is 716 g/mol. The summed E-state index contributed by atoms with van der Waals surface area (Å²) in [6.07, 6.45) is -2.44. The maximum absolute atomic E-state index is 7.02. The minimum atomic E-state index is -0.897. The maximum atomic E-state index is 7.02. The number of ether oxygens (including phenoxy) is 11. The van der Waals surface area contributed by atoms with Crippen molar-refractivity contribution < 1.29 is 52.1 Å². The molecule has 0 N–H and O–H groups in total. The van der Waals surface area contributed by atoms with Gasteiger partial charge in [0.15, 0.2) is 25.2 Å². The number of rotatable bonds is 15. The van der Waals surface area contributed by atoms with Gasteiger partial charge in [-0.3, -0.25) is 0 Å². The number of fused-ring (bicyclic) bond motifs is 2. The Labute approximate surface area is 330 Å². The fraction of sp³-hybridized carbons (Fsp3) is 0.556. The van der Waals surface area contributed by atoms with Crippen molar-refractivity contribution in [2.24, 2.45) is 11.8 Å². The Morgan fingerprint density at radius 1 is 0.750 bits per heavy atom. The number of benzene rings is 3. The van der Waals surface area contributed by atoms with Crippen LogP contribution in [0.15, 0.2) is 104 Å². The van der Waals surface area contributed by atoms with Crippen LogP contribution in [-0.2, 0) is 65.3 Å². The molecule has 0 amide bonds. The summed E-state index contributed by atoms with van der Waals surface area (Å²) in [6, 6.07) is 30.1. The second-order valence-corrected chi connectivity index (χ2v) is 16.3. The van der Waals surface area contributed by atoms with Gasteiger partial charge in [-0.15, -0.1) is 6.58 Å². The molecule has 5 aliphatic heterocycles. The molecule has 6 unspecified atom stereocenters. The predicted molar refractivity (Wildman–Crippen MR) is 205 cm³/mol. The molecule has 0 bridgehead atoms. The van der Waals surface area contributed by atoms with Crippen LogP contribution in [-0.4, -0.2) is 93.1 Å². The van der Waals surface area contributed by atoms with Crippen LogP contribution in [0, 0.1) is 11.8 Å². The van der Waals surface area contributed by atoms with Crippen LogP contribution in [0.3, 0.4) is 0 Å². The first-order valence-corrected chi connectivity index (χ1v) is 20.0. The summed E-state index contributed by atoms with van der Waals surface area (Å²) in [7, 11) is 0. The van der Waals surface area contributed by atoms with Gasteiger partial charge in [0.25, 0.3) is 0 Å². The second-order valence-electron chi connectivity index (χ2n) is 16.3. The van der Waals surface area contributed by atoms with Gasteiger partial charge in [-0.25, -0.2) is 0 Å². The molecule has 5 saturated heterocycles. The van der Waals surface area contributed by atoms with E-state index in [2.05, 4.69) is 27.4 Å². The summed E-state index contributed by atoms with van der Waals surface area (Å²) < 4.78 is 72.3. The standard InChI is InChI=1S/C45H56O11/c1-6-22-47-42-34-23-44(4,5)55-38(34)37(30(3)51-42)53-40-29(2)36(35(26-49-40)48-25-32-18-12-8-13-19-32)52-43-39-45(28-50-43,27-46-24-31-16-10-7-11-17-31)56-41(54-39)33-20-14-9-15-21-33/h6-21,29-30,34-43H,1,22-28H2,2-5H3/t29?,30?,34?,35-,36?,37+,38?,39?,40+,41+,42-,43+,45+/m1/s1. The summed E-state index contributed by atoms with van der Waals surface area (Å²) in [6.45, 7) is 14.0. The topological polar surface area (TPSA) is 102 Å². The van der Waals surface area contributed by atoms with Crippen molar-refractivity contribution in [3.63, 3.8) is 0 Å². The van der Waals surface area contributed by atoms with E-state index < -0.39 is 55.2 Å². The van der Waals surface area contributed by atoms with Crippen LogP contribution in [0.5, 0.6) is 0 Å². The van der Waals surface area contributed by atoms with E-state index in [-0.39, 0.29) is 49.5 Å². The molecule has 11 heteroatoms. The summed E-state index contributed by atoms with van der Waals surface area (Å²) in [5, 5.41) is 0. The van der Waals surface area contributed by atoms with Crippen molar-refractivity contribution in [3.05, 3.63) is 120 Å². The molecule has 0 radical (unpaired) electrons. The predicted octanol–water partition coefficient (Wildman–Crippen LogP) is 6.89. The van der Waals surface area contributed by atoms with Gasteiger partial charge in [-0.1, -0.05) is 104 Å². The van der Waals surface area contributed by atoms with Gasteiger partial charge >= 0.3 is 0 Å². The smallest absolute Gasteiger partial charge is 0.187 e. The number of hydrogen-bond acceptors (Lipinski definition) is 11. The Hall–Kier alpha value is -3.04. The molecule has 5 fully saturated rings. The Balaban J connectivity index is 1.02. The van der Waals surface area contributed by atoms with Gasteiger partial charge < -0.3 is 52.1 Å². The minimum absolute atomic E-state index is 0.0137. The average molecular weight is 773 g/mol. The summed E-state index contributed by atoms with van der Waals surface area (Å²) >= 11 is 0. The van der Waals surface area contributed by atoms with Crippen molar-refractivity contribution in [2.45, 2.75) is 120 Å². The lowest BCUT2D eigenvalue weighted by molar-refractivity contribution is -0.338. The highest BCUT2D eigenvalue weighted by atomic mass is 16.8. The van der Waals surface area contributed by atoms with Crippen molar-refractivity contribution in [2.75, 3.05) is 26.4 Å². The average Bonchev–Trinajstić information content (AvgIpc) is 3.86. The molecule has 8 rings (SSSR count). The van der Waals surface area contributed by atoms with Crippen molar-refractivity contribution in [1.29, 1.82) is 0 Å². The maximum Gasteiger partial charge on any atom is 0.187 e. The van der Waals surface area contributed by atoms with Crippen molar-refractivity contribution >= 4 is 0 Å². The Morgan fingerprint density at radius 3 is 2.14 bits per heavy atom. The first kappa shape index (κ1) is 39.8. The molecule has 3 aromatic rings. The molecule has 0 aromatic heterocycles. The van der Waals surface area contributed by atoms with E-state index in [0.717, 1.165) is 23.1 Å². The lowest BCUT2D eigenvalue weighted by atomic mass is 9.87. The molecule has 11 nitrogen and oxygen atoms in total. The Morgan fingerprint density at radius 2 is 1.43 bits per heavy atom. The molecule has 5 heterocycles. The van der Waals surface area contributed by atoms with Crippen molar-refractivity contribution in [1.82, 2.24) is 0 Å². The van der Waals surface area contributed by atoms with Crippen LogP contribution >= 0.6 is 0 Å². The third kappa shape index (κ3) is 8.69. The van der Waals surface area contributed by atoms with Gasteiger partial charge in [0.05, 0.1) is 63.6 Å². The highest BCUT2D eigenvalue weighted by Gasteiger charge is 2.61. The normalized spacial score (nSPS) is 37.6. The zero-order valence-corrected chi connectivity index (χ0v) is 32.8. The SMILES string of the molecule is C=CCO[C@@H]1OC(C)[C@H](O[C@@H]2OC[C@@H](OCc3ccccc3)C(O[C@@H]3OC[C@]4(COCc5ccccc5)O[C@@H](c5ccccc5)OC34)C2C)C2OC(C)(C)CC21. The summed E-state index contributed by atoms with van der Waals surface area (Å²) in [4.78, 5) is 0. The van der Waals surface area contributed by atoms with E-state index >= 15 is 0 Å². The van der Waals surface area contributed by atoms with Crippen LogP contribution in [0.4, 0.5) is 0 Å².